The van der Waals surface area contributed by atoms with E-state index in [4.69, 9.17) is 0 Å². The first-order valence-corrected chi connectivity index (χ1v) is 8.05. The van der Waals surface area contributed by atoms with Crippen molar-refractivity contribution in [3.63, 3.8) is 0 Å². The average molecular weight is 168 g/mol. The third-order valence-corrected chi connectivity index (χ3v) is 5.15. The Kier molecular flexibility index (Phi) is 2.04. The molecule has 0 aromatic rings. The second-order valence-corrected chi connectivity index (χ2v) is 10.3. The minimum Gasteiger partial charge on any atom is -0.0886 e. The lowest BCUT2D eigenvalue weighted by Gasteiger charge is -2.31. The van der Waals surface area contributed by atoms with Crippen molar-refractivity contribution < 1.29 is 0 Å². The molecule has 0 saturated heterocycles. The van der Waals surface area contributed by atoms with Crippen LogP contribution in [0.25, 0.3) is 0 Å². The fourth-order valence-corrected chi connectivity index (χ4v) is 5.22. The zero-order valence-electron chi connectivity index (χ0n) is 8.49. The summed E-state index contributed by atoms with van der Waals surface area (Å²) in [6, 6.07) is 0. The lowest BCUT2D eigenvalue weighted by molar-refractivity contribution is 0.457. The van der Waals surface area contributed by atoms with E-state index < -0.39 is 8.07 Å². The van der Waals surface area contributed by atoms with Crippen molar-refractivity contribution in [2.75, 3.05) is 0 Å². The first kappa shape index (κ1) is 9.05. The van der Waals surface area contributed by atoms with E-state index in [9.17, 15) is 0 Å². The predicted octanol–water partition coefficient (Wildman–Crippen LogP) is 3.61. The highest BCUT2D eigenvalue weighted by Crippen LogP contribution is 2.42. The maximum Gasteiger partial charge on any atom is 0.0727 e. The van der Waals surface area contributed by atoms with E-state index >= 15 is 0 Å². The monoisotopic (exact) mass is 168 g/mol. The number of hydrogen-bond donors (Lipinski definition) is 0. The molecule has 1 rings (SSSR count). The Bertz CT molecular complexity index is 182. The smallest absolute Gasteiger partial charge is 0.0727 e. The zero-order valence-corrected chi connectivity index (χ0v) is 9.49. The van der Waals surface area contributed by atoms with Gasteiger partial charge in [-0.25, -0.2) is 0 Å². The summed E-state index contributed by atoms with van der Waals surface area (Å²) in [5.41, 5.74) is 0.518. The van der Waals surface area contributed by atoms with Gasteiger partial charge in [-0.3, -0.25) is 0 Å². The predicted molar refractivity (Wildman–Crippen MR) is 54.4 cm³/mol. The minimum atomic E-state index is -0.998. The van der Waals surface area contributed by atoms with Gasteiger partial charge >= 0.3 is 0 Å². The molecule has 0 aromatic carbocycles. The summed E-state index contributed by atoms with van der Waals surface area (Å²) in [4.78, 5) is 0. The molecule has 0 spiro atoms. The van der Waals surface area contributed by atoms with Gasteiger partial charge < -0.3 is 0 Å². The highest BCUT2D eigenvalue weighted by molar-refractivity contribution is 6.83. The van der Waals surface area contributed by atoms with E-state index in [2.05, 4.69) is 39.6 Å². The molecular weight excluding hydrogens is 148 g/mol. The first-order chi connectivity index (χ1) is 4.84. The van der Waals surface area contributed by atoms with Crippen LogP contribution in [0.2, 0.25) is 19.6 Å². The summed E-state index contributed by atoms with van der Waals surface area (Å²) in [6.07, 6.45) is 5.17. The third-order valence-electron chi connectivity index (χ3n) is 2.65. The van der Waals surface area contributed by atoms with Crippen LogP contribution in [0.4, 0.5) is 0 Å². The maximum atomic E-state index is 2.49. The Morgan fingerprint density at radius 3 is 2.00 bits per heavy atom. The molecule has 1 aliphatic carbocycles. The summed E-state index contributed by atoms with van der Waals surface area (Å²) in [6.45, 7) is 12.1. The van der Waals surface area contributed by atoms with Crippen LogP contribution in [0.1, 0.15) is 26.7 Å². The number of rotatable bonds is 1. The molecule has 1 aliphatic rings. The van der Waals surface area contributed by atoms with Crippen LogP contribution < -0.4 is 0 Å². The number of hydrogen-bond acceptors (Lipinski definition) is 0. The highest BCUT2D eigenvalue weighted by Gasteiger charge is 2.35. The summed E-state index contributed by atoms with van der Waals surface area (Å²) in [5, 5.41) is 1.78. The molecule has 0 unspecified atom stereocenters. The van der Waals surface area contributed by atoms with E-state index in [1.165, 1.54) is 12.8 Å². The normalized spacial score (nSPS) is 23.5. The van der Waals surface area contributed by atoms with Gasteiger partial charge in [-0.1, -0.05) is 44.8 Å². The lowest BCUT2D eigenvalue weighted by atomic mass is 9.93. The van der Waals surface area contributed by atoms with Gasteiger partial charge in [0.25, 0.3) is 0 Å². The van der Waals surface area contributed by atoms with E-state index in [1.807, 2.05) is 0 Å². The van der Waals surface area contributed by atoms with Gasteiger partial charge in [0.05, 0.1) is 8.07 Å². The van der Waals surface area contributed by atoms with Crippen LogP contribution >= 0.6 is 0 Å². The molecule has 0 aliphatic heterocycles. The maximum absolute atomic E-state index is 2.49. The fraction of sp³-hybridized carbons (Fsp3) is 0.800. The van der Waals surface area contributed by atoms with Crippen LogP contribution in [-0.4, -0.2) is 8.07 Å². The van der Waals surface area contributed by atoms with Gasteiger partial charge in [0.1, 0.15) is 0 Å². The second-order valence-electron chi connectivity index (χ2n) is 5.29. The van der Waals surface area contributed by atoms with Crippen molar-refractivity contribution >= 4 is 8.07 Å². The van der Waals surface area contributed by atoms with Crippen molar-refractivity contribution in [2.24, 2.45) is 5.41 Å². The summed E-state index contributed by atoms with van der Waals surface area (Å²) < 4.78 is 0. The molecule has 0 fully saturated rings. The van der Waals surface area contributed by atoms with E-state index in [0.717, 1.165) is 0 Å². The van der Waals surface area contributed by atoms with Gasteiger partial charge in [-0.15, -0.1) is 0 Å². The number of allylic oxidation sites excluding steroid dienone is 2. The summed E-state index contributed by atoms with van der Waals surface area (Å²) in [5.74, 6) is 0. The van der Waals surface area contributed by atoms with Crippen molar-refractivity contribution in [1.82, 2.24) is 0 Å². The van der Waals surface area contributed by atoms with Crippen LogP contribution in [0.5, 0.6) is 0 Å². The Hall–Kier alpha value is -0.0431. The zero-order chi connectivity index (χ0) is 8.70. The van der Waals surface area contributed by atoms with E-state index in [1.54, 1.807) is 5.20 Å². The lowest BCUT2D eigenvalue weighted by Crippen LogP contribution is -2.31. The second kappa shape index (κ2) is 2.48. The average Bonchev–Trinajstić information content (AvgIpc) is 2.06. The van der Waals surface area contributed by atoms with Crippen molar-refractivity contribution in [3.05, 3.63) is 11.3 Å². The van der Waals surface area contributed by atoms with Crippen LogP contribution in [0.3, 0.4) is 0 Å². The Morgan fingerprint density at radius 2 is 1.82 bits per heavy atom. The van der Waals surface area contributed by atoms with E-state index in [-0.39, 0.29) is 0 Å². The Balaban J connectivity index is 2.89. The fourth-order valence-electron chi connectivity index (χ4n) is 2.31. The van der Waals surface area contributed by atoms with Crippen LogP contribution in [0, 0.1) is 5.41 Å². The molecular formula is C10H20Si. The molecule has 0 amide bonds. The van der Waals surface area contributed by atoms with Crippen molar-refractivity contribution in [1.29, 1.82) is 0 Å². The van der Waals surface area contributed by atoms with Gasteiger partial charge in [-0.2, -0.15) is 0 Å². The molecule has 11 heavy (non-hydrogen) atoms. The van der Waals surface area contributed by atoms with E-state index in [0.29, 0.717) is 5.41 Å². The molecule has 0 nitrogen and oxygen atoms in total. The summed E-state index contributed by atoms with van der Waals surface area (Å²) in [7, 11) is -0.998. The van der Waals surface area contributed by atoms with Gasteiger partial charge in [0.2, 0.25) is 0 Å². The molecule has 1 heteroatoms. The van der Waals surface area contributed by atoms with Crippen LogP contribution in [0.15, 0.2) is 11.3 Å². The largest absolute Gasteiger partial charge is 0.0886 e. The van der Waals surface area contributed by atoms with Gasteiger partial charge in [-0.05, 0) is 18.3 Å². The van der Waals surface area contributed by atoms with Crippen LogP contribution in [-0.2, 0) is 0 Å². The van der Waals surface area contributed by atoms with Gasteiger partial charge in [0, 0.05) is 0 Å². The van der Waals surface area contributed by atoms with Crippen molar-refractivity contribution in [2.45, 2.75) is 46.3 Å². The molecule has 0 radical (unpaired) electrons. The van der Waals surface area contributed by atoms with Gasteiger partial charge in [0.15, 0.2) is 0 Å². The standard InChI is InChI=1S/C10H20Si/c1-10(2)8-6-7-9(10)11(3,4)5/h7H,6,8H2,1-5H3. The SMILES string of the molecule is CC1(C)CCC=C1[Si](C)(C)C. The third kappa shape index (κ3) is 1.75. The molecule has 0 heterocycles. The molecule has 0 bridgehead atoms. The van der Waals surface area contributed by atoms with Crippen molar-refractivity contribution in [3.8, 4) is 0 Å². The summed E-state index contributed by atoms with van der Waals surface area (Å²) >= 11 is 0. The molecule has 0 aromatic heterocycles. The first-order valence-electron chi connectivity index (χ1n) is 4.55. The molecule has 0 N–H and O–H groups in total. The Labute approximate surface area is 71.7 Å². The minimum absolute atomic E-state index is 0.518. The topological polar surface area (TPSA) is 0 Å². The molecule has 64 valence electrons. The highest BCUT2D eigenvalue weighted by atomic mass is 28.3. The Morgan fingerprint density at radius 1 is 1.27 bits per heavy atom. The molecule has 0 atom stereocenters. The quantitative estimate of drug-likeness (QED) is 0.525. The molecule has 0 saturated carbocycles.